The standard InChI is InChI=1S/C13H14O5S.Na.H/c1-9(14)8-18-12-4-2-11-7-13(19(15,16)17)5-3-10(11)6-12;;/h2-7,9,14H,8H2,1H3,(H,15,16,17);;/q;+1;-1. The first kappa shape index (κ1) is 17.4. The molecule has 20 heavy (non-hydrogen) atoms. The Morgan fingerprint density at radius 3 is 2.40 bits per heavy atom. The van der Waals surface area contributed by atoms with E-state index in [9.17, 15) is 8.42 Å². The zero-order valence-electron chi connectivity index (χ0n) is 12.3. The third kappa shape index (κ3) is 4.44. The summed E-state index contributed by atoms with van der Waals surface area (Å²) < 4.78 is 36.4. The first-order valence-corrected chi connectivity index (χ1v) is 7.12. The summed E-state index contributed by atoms with van der Waals surface area (Å²) in [5.74, 6) is 0.591. The molecule has 0 aliphatic carbocycles. The van der Waals surface area contributed by atoms with Crippen molar-refractivity contribution in [3.63, 3.8) is 0 Å². The molecule has 1 unspecified atom stereocenters. The van der Waals surface area contributed by atoms with Crippen LogP contribution in [0.5, 0.6) is 5.75 Å². The predicted molar refractivity (Wildman–Crippen MR) is 72.1 cm³/mol. The molecule has 0 saturated heterocycles. The first-order chi connectivity index (χ1) is 8.86. The van der Waals surface area contributed by atoms with E-state index in [1.807, 2.05) is 0 Å². The van der Waals surface area contributed by atoms with Crippen molar-refractivity contribution in [3.05, 3.63) is 36.4 Å². The van der Waals surface area contributed by atoms with Crippen LogP contribution >= 0.6 is 0 Å². The molecule has 0 amide bonds. The quantitative estimate of drug-likeness (QED) is 0.557. The van der Waals surface area contributed by atoms with Crippen molar-refractivity contribution in [3.8, 4) is 5.75 Å². The third-order valence-electron chi connectivity index (χ3n) is 2.57. The number of hydrogen-bond donors (Lipinski definition) is 2. The molecule has 104 valence electrons. The summed E-state index contributed by atoms with van der Waals surface area (Å²) in [6.07, 6.45) is -0.558. The van der Waals surface area contributed by atoms with Crippen molar-refractivity contribution in [2.45, 2.75) is 17.9 Å². The summed E-state index contributed by atoms with van der Waals surface area (Å²) in [6, 6.07) is 9.43. The van der Waals surface area contributed by atoms with Gasteiger partial charge in [0, 0.05) is 0 Å². The van der Waals surface area contributed by atoms with E-state index < -0.39 is 16.2 Å². The first-order valence-electron chi connectivity index (χ1n) is 5.68. The summed E-state index contributed by atoms with van der Waals surface area (Å²) in [5, 5.41) is 10.6. The van der Waals surface area contributed by atoms with Crippen LogP contribution in [0.2, 0.25) is 0 Å². The van der Waals surface area contributed by atoms with E-state index in [0.717, 1.165) is 5.39 Å². The molecule has 0 aliphatic heterocycles. The molecule has 0 saturated carbocycles. The van der Waals surface area contributed by atoms with E-state index in [0.29, 0.717) is 11.1 Å². The molecule has 0 heterocycles. The zero-order valence-corrected chi connectivity index (χ0v) is 14.1. The van der Waals surface area contributed by atoms with Crippen molar-refractivity contribution in [1.29, 1.82) is 0 Å². The number of fused-ring (bicyclic) bond motifs is 1. The number of hydrogen-bond acceptors (Lipinski definition) is 4. The molecule has 0 aromatic heterocycles. The average molecular weight is 306 g/mol. The molecule has 1 atom stereocenters. The Hall–Kier alpha value is -0.630. The van der Waals surface area contributed by atoms with Gasteiger partial charge in [-0.25, -0.2) is 0 Å². The minimum Gasteiger partial charge on any atom is -1.00 e. The second-order valence-corrected chi connectivity index (χ2v) is 5.73. The smallest absolute Gasteiger partial charge is 1.00 e. The summed E-state index contributed by atoms with van der Waals surface area (Å²) >= 11 is 0. The van der Waals surface area contributed by atoms with Gasteiger partial charge in [-0.05, 0) is 42.0 Å². The van der Waals surface area contributed by atoms with E-state index in [1.54, 1.807) is 31.2 Å². The molecule has 5 nitrogen and oxygen atoms in total. The van der Waals surface area contributed by atoms with Crippen molar-refractivity contribution < 1.29 is 53.8 Å². The van der Waals surface area contributed by atoms with Crippen LogP contribution in [0, 0.1) is 0 Å². The molecule has 0 aliphatic rings. The number of rotatable bonds is 4. The molecular formula is C13H15NaO5S. The van der Waals surface area contributed by atoms with Crippen LogP contribution < -0.4 is 34.3 Å². The number of aliphatic hydroxyl groups excluding tert-OH is 1. The maximum absolute atomic E-state index is 11.0. The van der Waals surface area contributed by atoms with Gasteiger partial charge in [-0.3, -0.25) is 4.55 Å². The van der Waals surface area contributed by atoms with Gasteiger partial charge in [-0.1, -0.05) is 12.1 Å². The summed E-state index contributed by atoms with van der Waals surface area (Å²) in [5.41, 5.74) is 0. The molecular weight excluding hydrogens is 291 g/mol. The summed E-state index contributed by atoms with van der Waals surface area (Å²) in [7, 11) is -4.19. The Labute approximate surface area is 141 Å². The largest absolute Gasteiger partial charge is 1.00 e. The van der Waals surface area contributed by atoms with E-state index >= 15 is 0 Å². The van der Waals surface area contributed by atoms with E-state index in [2.05, 4.69) is 0 Å². The van der Waals surface area contributed by atoms with Gasteiger partial charge < -0.3 is 11.3 Å². The second-order valence-electron chi connectivity index (χ2n) is 4.31. The normalized spacial score (nSPS) is 12.8. The van der Waals surface area contributed by atoms with Crippen molar-refractivity contribution in [2.24, 2.45) is 0 Å². The summed E-state index contributed by atoms with van der Waals surface area (Å²) in [4.78, 5) is -0.141. The van der Waals surface area contributed by atoms with E-state index in [1.165, 1.54) is 12.1 Å². The van der Waals surface area contributed by atoms with Crippen molar-refractivity contribution >= 4 is 20.9 Å². The van der Waals surface area contributed by atoms with Gasteiger partial charge in [0.15, 0.2) is 0 Å². The third-order valence-corrected chi connectivity index (χ3v) is 3.42. The van der Waals surface area contributed by atoms with E-state index in [4.69, 9.17) is 14.4 Å². The van der Waals surface area contributed by atoms with Gasteiger partial charge in [0.25, 0.3) is 10.1 Å². The average Bonchev–Trinajstić information content (AvgIpc) is 2.34. The molecule has 0 radical (unpaired) electrons. The fourth-order valence-electron chi connectivity index (χ4n) is 1.67. The van der Waals surface area contributed by atoms with Gasteiger partial charge in [0.2, 0.25) is 0 Å². The molecule has 2 aromatic carbocycles. The molecule has 2 rings (SSSR count). The Balaban J connectivity index is 0.00000200. The van der Waals surface area contributed by atoms with Gasteiger partial charge in [0.05, 0.1) is 11.0 Å². The number of aliphatic hydroxyl groups is 1. The van der Waals surface area contributed by atoms with Crippen molar-refractivity contribution in [2.75, 3.05) is 6.61 Å². The second kappa shape index (κ2) is 6.89. The van der Waals surface area contributed by atoms with Gasteiger partial charge in [-0.2, -0.15) is 8.42 Å². The SMILES string of the molecule is CC(O)COc1ccc2cc(S(=O)(=O)O)ccc2c1.[H-].[Na+]. The van der Waals surface area contributed by atoms with Crippen LogP contribution in [0.1, 0.15) is 8.35 Å². The number of benzene rings is 2. The monoisotopic (exact) mass is 306 g/mol. The van der Waals surface area contributed by atoms with E-state index in [-0.39, 0.29) is 42.5 Å². The van der Waals surface area contributed by atoms with Crippen LogP contribution in [0.15, 0.2) is 41.3 Å². The van der Waals surface area contributed by atoms with Crippen LogP contribution in [0.25, 0.3) is 10.8 Å². The Morgan fingerprint density at radius 2 is 1.80 bits per heavy atom. The zero-order chi connectivity index (χ0) is 14.0. The molecule has 0 bridgehead atoms. The molecule has 0 fully saturated rings. The fourth-order valence-corrected chi connectivity index (χ4v) is 2.18. The Morgan fingerprint density at radius 1 is 1.20 bits per heavy atom. The maximum Gasteiger partial charge on any atom is 1.00 e. The minimum absolute atomic E-state index is 0. The molecule has 2 N–H and O–H groups in total. The van der Waals surface area contributed by atoms with Crippen molar-refractivity contribution in [1.82, 2.24) is 0 Å². The molecule has 0 spiro atoms. The van der Waals surface area contributed by atoms with Crippen LogP contribution in [-0.2, 0) is 10.1 Å². The topological polar surface area (TPSA) is 83.8 Å². The van der Waals surface area contributed by atoms with Crippen LogP contribution in [-0.4, -0.2) is 30.8 Å². The Kier molecular flexibility index (Phi) is 6.00. The maximum atomic E-state index is 11.0. The van der Waals surface area contributed by atoms with Gasteiger partial charge in [-0.15, -0.1) is 0 Å². The van der Waals surface area contributed by atoms with Crippen LogP contribution in [0.3, 0.4) is 0 Å². The predicted octanol–water partition coefficient (Wildman–Crippen LogP) is -1.04. The fraction of sp³-hybridized carbons (Fsp3) is 0.231. The van der Waals surface area contributed by atoms with Crippen LogP contribution in [0.4, 0.5) is 0 Å². The van der Waals surface area contributed by atoms with Gasteiger partial charge in [0.1, 0.15) is 12.4 Å². The molecule has 2 aromatic rings. The number of ether oxygens (including phenoxy) is 1. The Bertz CT molecular complexity index is 703. The summed E-state index contributed by atoms with van der Waals surface area (Å²) in [6.45, 7) is 1.81. The van der Waals surface area contributed by atoms with Gasteiger partial charge >= 0.3 is 29.6 Å². The minimum atomic E-state index is -4.19. The molecule has 7 heteroatoms.